The van der Waals surface area contributed by atoms with Crippen LogP contribution >= 0.6 is 0 Å². The third kappa shape index (κ3) is 2.51. The molecule has 3 fully saturated rings. The number of ether oxygens (including phenoxy) is 1. The molecule has 98 valence electrons. The minimum Gasteiger partial charge on any atom is -0.381 e. The maximum atomic E-state index is 10.6. The summed E-state index contributed by atoms with van der Waals surface area (Å²) < 4.78 is 22.3. The fraction of sp³-hybridized carbons (Fsp3) is 1.00. The molecule has 1 saturated carbocycles. The molecule has 3 unspecified atom stereocenters. The quantitative estimate of drug-likeness (QED) is 0.801. The minimum absolute atomic E-state index is 0.00569. The number of fused-ring (bicyclic) bond motifs is 1. The number of hydrogen-bond acceptors (Lipinski definition) is 3. The highest BCUT2D eigenvalue weighted by atomic mass is 16.5. The molecule has 3 nitrogen and oxygen atoms in total. The second-order valence-corrected chi connectivity index (χ2v) is 5.77. The molecule has 2 saturated heterocycles. The van der Waals surface area contributed by atoms with E-state index in [9.17, 15) is 5.11 Å². The van der Waals surface area contributed by atoms with Gasteiger partial charge in [0, 0.05) is 34.9 Å². The van der Waals surface area contributed by atoms with Crippen LogP contribution in [0.3, 0.4) is 0 Å². The summed E-state index contributed by atoms with van der Waals surface area (Å²) >= 11 is 0. The van der Waals surface area contributed by atoms with E-state index in [4.69, 9.17) is 7.48 Å². The summed E-state index contributed by atoms with van der Waals surface area (Å²) in [5.74, 6) is 0.911. The fourth-order valence-electron chi connectivity index (χ4n) is 3.69. The molecule has 1 N–H and O–H groups in total. The van der Waals surface area contributed by atoms with Crippen molar-refractivity contribution in [2.24, 2.45) is 17.8 Å². The van der Waals surface area contributed by atoms with E-state index >= 15 is 0 Å². The van der Waals surface area contributed by atoms with Crippen LogP contribution in [0, 0.1) is 17.8 Å². The minimum atomic E-state index is -1.39. The normalized spacial score (nSPS) is 43.0. The van der Waals surface area contributed by atoms with Crippen molar-refractivity contribution in [2.75, 3.05) is 26.3 Å². The summed E-state index contributed by atoms with van der Waals surface area (Å²) in [6.45, 7) is 0.615. The van der Waals surface area contributed by atoms with Gasteiger partial charge in [0.25, 0.3) is 0 Å². The second kappa shape index (κ2) is 5.25. The number of rotatable bonds is 2. The monoisotopic (exact) mass is 241 g/mol. The summed E-state index contributed by atoms with van der Waals surface area (Å²) in [5, 5.41) is 10.6. The van der Waals surface area contributed by atoms with Gasteiger partial charge in [0.2, 0.25) is 0 Å². The zero-order valence-corrected chi connectivity index (χ0v) is 10.5. The topological polar surface area (TPSA) is 32.7 Å². The van der Waals surface area contributed by atoms with Crippen molar-refractivity contribution in [2.45, 2.75) is 44.8 Å². The maximum Gasteiger partial charge on any atom is 0.110 e. The number of aliphatic hydroxyl groups is 1. The lowest BCUT2D eigenvalue weighted by atomic mass is 9.86. The number of likely N-dealkylation sites (tertiary alicyclic amines) is 1. The van der Waals surface area contributed by atoms with Gasteiger partial charge < -0.3 is 9.84 Å². The molecule has 0 amide bonds. The van der Waals surface area contributed by atoms with Crippen LogP contribution in [0.15, 0.2) is 0 Å². The first-order valence-electron chi connectivity index (χ1n) is 8.13. The first-order valence-corrected chi connectivity index (χ1v) is 7.13. The van der Waals surface area contributed by atoms with Gasteiger partial charge >= 0.3 is 0 Å². The van der Waals surface area contributed by atoms with Crippen molar-refractivity contribution < 1.29 is 12.6 Å². The molecule has 2 aliphatic heterocycles. The van der Waals surface area contributed by atoms with E-state index in [1.807, 2.05) is 0 Å². The molecule has 3 heteroatoms. The Hall–Kier alpha value is -0.120. The number of nitrogens with zero attached hydrogens (tertiary/aromatic N) is 1. The third-order valence-electron chi connectivity index (χ3n) is 4.73. The van der Waals surface area contributed by atoms with Gasteiger partial charge in [0.1, 0.15) is 6.23 Å². The molecule has 0 aromatic rings. The molecule has 0 spiro atoms. The van der Waals surface area contributed by atoms with Gasteiger partial charge in [-0.05, 0) is 43.9 Å². The van der Waals surface area contributed by atoms with E-state index in [0.29, 0.717) is 31.6 Å². The third-order valence-corrected chi connectivity index (χ3v) is 4.73. The molecular formula is C14H25NO2. The van der Waals surface area contributed by atoms with Crippen molar-refractivity contribution in [1.29, 1.82) is 0 Å². The van der Waals surface area contributed by atoms with Crippen LogP contribution in [0.2, 0.25) is 0 Å². The summed E-state index contributed by atoms with van der Waals surface area (Å²) in [4.78, 5) is 1.75. The van der Waals surface area contributed by atoms with Crippen molar-refractivity contribution in [3.63, 3.8) is 0 Å². The fourth-order valence-corrected chi connectivity index (χ4v) is 3.69. The lowest BCUT2D eigenvalue weighted by Gasteiger charge is -2.42. The van der Waals surface area contributed by atoms with Crippen LogP contribution in [-0.4, -0.2) is 42.5 Å². The Labute approximate surface area is 107 Å². The van der Waals surface area contributed by atoms with Gasteiger partial charge in [0.05, 0.1) is 0 Å². The van der Waals surface area contributed by atoms with Gasteiger partial charge in [0.15, 0.2) is 0 Å². The standard InChI is InChI=1S/C14H25NO2/c16-14-13-3-1-2-12(13)4-7-15(14)10-11-5-8-17-9-6-11/h11-14,16H,1-10H2/i10D2. The van der Waals surface area contributed by atoms with Crippen LogP contribution < -0.4 is 0 Å². The smallest absolute Gasteiger partial charge is 0.110 e. The van der Waals surface area contributed by atoms with E-state index < -0.39 is 12.7 Å². The largest absolute Gasteiger partial charge is 0.381 e. The van der Waals surface area contributed by atoms with E-state index in [2.05, 4.69) is 0 Å². The summed E-state index contributed by atoms with van der Waals surface area (Å²) in [7, 11) is 0. The Morgan fingerprint density at radius 1 is 1.18 bits per heavy atom. The SMILES string of the molecule is [2H]C([2H])(C1CCOCC1)N1CCC2CCCC2C1O. The summed E-state index contributed by atoms with van der Waals surface area (Å²) in [6, 6.07) is 0. The predicted molar refractivity (Wildman–Crippen MR) is 66.6 cm³/mol. The highest BCUT2D eigenvalue weighted by Gasteiger charge is 2.40. The number of hydrogen-bond donors (Lipinski definition) is 1. The molecule has 0 aromatic heterocycles. The molecule has 1 aliphatic carbocycles. The van der Waals surface area contributed by atoms with Crippen molar-refractivity contribution >= 4 is 0 Å². The molecule has 0 radical (unpaired) electrons. The Balaban J connectivity index is 1.72. The molecular weight excluding hydrogens is 214 g/mol. The van der Waals surface area contributed by atoms with Crippen LogP contribution in [0.25, 0.3) is 0 Å². The van der Waals surface area contributed by atoms with Gasteiger partial charge in [-0.3, -0.25) is 4.90 Å². The maximum absolute atomic E-state index is 10.6. The number of piperidine rings is 1. The average molecular weight is 241 g/mol. The summed E-state index contributed by atoms with van der Waals surface area (Å²) in [6.07, 6.45) is 5.47. The van der Waals surface area contributed by atoms with Crippen molar-refractivity contribution in [1.82, 2.24) is 4.90 Å². The first kappa shape index (κ1) is 9.76. The predicted octanol–water partition coefficient (Wildman–Crippen LogP) is 1.85. The lowest BCUT2D eigenvalue weighted by molar-refractivity contribution is -0.0922. The van der Waals surface area contributed by atoms with Gasteiger partial charge in [-0.15, -0.1) is 0 Å². The van der Waals surface area contributed by atoms with Crippen molar-refractivity contribution in [3.8, 4) is 0 Å². The lowest BCUT2D eigenvalue weighted by Crippen LogP contribution is -2.49. The molecule has 2 heterocycles. The molecule has 3 aliphatic rings. The first-order chi connectivity index (χ1) is 9.10. The van der Waals surface area contributed by atoms with Gasteiger partial charge in [-0.1, -0.05) is 6.42 Å². The Kier molecular flexibility index (Phi) is 3.02. The van der Waals surface area contributed by atoms with E-state index in [-0.39, 0.29) is 5.92 Å². The van der Waals surface area contributed by atoms with Crippen LogP contribution in [0.5, 0.6) is 0 Å². The van der Waals surface area contributed by atoms with E-state index in [1.54, 1.807) is 4.90 Å². The molecule has 0 aromatic carbocycles. The van der Waals surface area contributed by atoms with Crippen molar-refractivity contribution in [3.05, 3.63) is 0 Å². The molecule has 17 heavy (non-hydrogen) atoms. The highest BCUT2D eigenvalue weighted by molar-refractivity contribution is 4.88. The van der Waals surface area contributed by atoms with E-state index in [0.717, 1.165) is 25.7 Å². The Morgan fingerprint density at radius 2 is 2.00 bits per heavy atom. The second-order valence-electron chi connectivity index (χ2n) is 5.77. The van der Waals surface area contributed by atoms with Crippen LogP contribution in [-0.2, 0) is 4.74 Å². The Morgan fingerprint density at radius 3 is 2.82 bits per heavy atom. The van der Waals surface area contributed by atoms with Gasteiger partial charge in [-0.2, -0.15) is 0 Å². The van der Waals surface area contributed by atoms with E-state index in [1.165, 1.54) is 12.8 Å². The molecule has 3 rings (SSSR count). The molecule has 0 bridgehead atoms. The average Bonchev–Trinajstić information content (AvgIpc) is 2.89. The zero-order chi connectivity index (χ0) is 13.5. The Bertz CT molecular complexity index is 321. The van der Waals surface area contributed by atoms with Gasteiger partial charge in [-0.25, -0.2) is 0 Å². The highest BCUT2D eigenvalue weighted by Crippen LogP contribution is 2.41. The number of aliphatic hydroxyl groups excluding tert-OH is 1. The van der Waals surface area contributed by atoms with Crippen LogP contribution in [0.1, 0.15) is 41.3 Å². The van der Waals surface area contributed by atoms with Crippen LogP contribution in [0.4, 0.5) is 0 Å². The summed E-state index contributed by atoms with van der Waals surface area (Å²) in [5.41, 5.74) is 0. The zero-order valence-electron chi connectivity index (χ0n) is 12.5. The molecule has 3 atom stereocenters.